The number of esters is 1. The number of anilines is 1. The van der Waals surface area contributed by atoms with Crippen LogP contribution >= 0.6 is 15.9 Å². The quantitative estimate of drug-likeness (QED) is 0.820. The van der Waals surface area contributed by atoms with Crippen LogP contribution in [0.25, 0.3) is 0 Å². The highest BCUT2D eigenvalue weighted by Crippen LogP contribution is 2.27. The van der Waals surface area contributed by atoms with E-state index >= 15 is 0 Å². The predicted octanol–water partition coefficient (Wildman–Crippen LogP) is 1.37. The molecule has 0 aliphatic carbocycles. The fourth-order valence-corrected chi connectivity index (χ4v) is 2.61. The van der Waals surface area contributed by atoms with Crippen LogP contribution in [-0.4, -0.2) is 34.4 Å². The van der Waals surface area contributed by atoms with Gasteiger partial charge in [-0.1, -0.05) is 0 Å². The van der Waals surface area contributed by atoms with E-state index in [9.17, 15) is 13.2 Å². The number of carbonyl (C=O) groups is 1. The zero-order chi connectivity index (χ0) is 13.8. The van der Waals surface area contributed by atoms with Crippen molar-refractivity contribution < 1.29 is 22.7 Å². The second kappa shape index (κ2) is 6.05. The summed E-state index contributed by atoms with van der Waals surface area (Å²) >= 11 is 3.20. The average Bonchev–Trinajstić information content (AvgIpc) is 2.31. The molecule has 1 aromatic rings. The molecule has 0 saturated carbocycles. The number of rotatable bonds is 5. The number of halogens is 1. The van der Waals surface area contributed by atoms with E-state index in [-0.39, 0.29) is 0 Å². The Morgan fingerprint density at radius 2 is 2.06 bits per heavy atom. The summed E-state index contributed by atoms with van der Waals surface area (Å²) in [6.45, 7) is 0. The van der Waals surface area contributed by atoms with Crippen LogP contribution in [0.2, 0.25) is 0 Å². The second-order valence-electron chi connectivity index (χ2n) is 3.28. The van der Waals surface area contributed by atoms with Crippen LogP contribution in [0.4, 0.5) is 5.69 Å². The second-order valence-corrected chi connectivity index (χ2v) is 5.86. The molecule has 0 heterocycles. The Labute approximate surface area is 113 Å². The highest BCUT2D eigenvalue weighted by atomic mass is 79.9. The molecule has 0 aromatic heterocycles. The third-order valence-corrected chi connectivity index (χ3v) is 3.81. The van der Waals surface area contributed by atoms with Gasteiger partial charge in [0.1, 0.15) is 5.75 Å². The molecule has 0 unspecified atom stereocenters. The number of sulfonamides is 1. The van der Waals surface area contributed by atoms with Gasteiger partial charge in [0.05, 0.1) is 19.9 Å². The van der Waals surface area contributed by atoms with E-state index in [0.717, 1.165) is 7.11 Å². The molecular weight excluding hydrogens is 326 g/mol. The normalized spacial score (nSPS) is 10.8. The zero-order valence-corrected chi connectivity index (χ0v) is 12.2. The van der Waals surface area contributed by atoms with Crippen molar-refractivity contribution in [2.45, 2.75) is 0 Å². The Balaban J connectivity index is 2.93. The van der Waals surface area contributed by atoms with Gasteiger partial charge >= 0.3 is 5.97 Å². The summed E-state index contributed by atoms with van der Waals surface area (Å²) in [7, 11) is -1.21. The van der Waals surface area contributed by atoms with Gasteiger partial charge < -0.3 is 9.47 Å². The summed E-state index contributed by atoms with van der Waals surface area (Å²) in [5.41, 5.74) is 0.290. The lowest BCUT2D eigenvalue weighted by Gasteiger charge is -2.10. The van der Waals surface area contributed by atoms with Crippen molar-refractivity contribution in [1.82, 2.24) is 0 Å². The Kier molecular flexibility index (Phi) is 4.97. The first-order valence-electron chi connectivity index (χ1n) is 4.79. The number of benzene rings is 1. The summed E-state index contributed by atoms with van der Waals surface area (Å²) in [5.74, 6) is -1.08. The first-order valence-corrected chi connectivity index (χ1v) is 7.23. The molecule has 1 N–H and O–H groups in total. The summed E-state index contributed by atoms with van der Waals surface area (Å²) < 4.78 is 35.4. The highest BCUT2D eigenvalue weighted by Gasteiger charge is 2.18. The summed E-state index contributed by atoms with van der Waals surface area (Å²) in [6.07, 6.45) is 0. The molecule has 1 aromatic carbocycles. The van der Waals surface area contributed by atoms with E-state index in [0.29, 0.717) is 15.9 Å². The van der Waals surface area contributed by atoms with Gasteiger partial charge in [-0.15, -0.1) is 0 Å². The molecule has 0 aliphatic heterocycles. The minimum absolute atomic E-state index is 0.290. The molecule has 8 heteroatoms. The maximum absolute atomic E-state index is 11.6. The summed E-state index contributed by atoms with van der Waals surface area (Å²) in [6, 6.07) is 4.80. The molecule has 0 atom stereocenters. The molecule has 0 bridgehead atoms. The van der Waals surface area contributed by atoms with Crippen molar-refractivity contribution in [2.75, 3.05) is 24.7 Å². The van der Waals surface area contributed by atoms with Crippen LogP contribution in [0.5, 0.6) is 5.75 Å². The SMILES string of the molecule is COC(=O)CS(=O)(=O)Nc1cc(OC)ccc1Br. The van der Waals surface area contributed by atoms with E-state index < -0.39 is 21.7 Å². The molecule has 0 amide bonds. The van der Waals surface area contributed by atoms with Crippen LogP contribution in [0.1, 0.15) is 0 Å². The predicted molar refractivity (Wildman–Crippen MR) is 70.1 cm³/mol. The van der Waals surface area contributed by atoms with Gasteiger partial charge in [0.15, 0.2) is 5.75 Å². The smallest absolute Gasteiger partial charge is 0.322 e. The van der Waals surface area contributed by atoms with E-state index in [1.165, 1.54) is 13.2 Å². The summed E-state index contributed by atoms with van der Waals surface area (Å²) in [5, 5.41) is 0. The number of hydrogen-bond donors (Lipinski definition) is 1. The fourth-order valence-electron chi connectivity index (χ4n) is 1.13. The molecule has 0 radical (unpaired) electrons. The van der Waals surface area contributed by atoms with Gasteiger partial charge in [0, 0.05) is 10.5 Å². The molecule has 6 nitrogen and oxygen atoms in total. The molecule has 0 fully saturated rings. The average molecular weight is 338 g/mol. The molecule has 0 saturated heterocycles. The first-order chi connectivity index (χ1) is 8.38. The van der Waals surface area contributed by atoms with Crippen LogP contribution in [0.15, 0.2) is 22.7 Å². The monoisotopic (exact) mass is 337 g/mol. The van der Waals surface area contributed by atoms with Crippen molar-refractivity contribution in [3.05, 3.63) is 22.7 Å². The first kappa shape index (κ1) is 14.8. The van der Waals surface area contributed by atoms with Crippen molar-refractivity contribution >= 4 is 37.6 Å². The van der Waals surface area contributed by atoms with Gasteiger partial charge in [-0.3, -0.25) is 9.52 Å². The number of carbonyl (C=O) groups excluding carboxylic acids is 1. The zero-order valence-electron chi connectivity index (χ0n) is 9.77. The summed E-state index contributed by atoms with van der Waals surface area (Å²) in [4.78, 5) is 10.9. The lowest BCUT2D eigenvalue weighted by Crippen LogP contribution is -2.23. The van der Waals surface area contributed by atoms with Crippen molar-refractivity contribution in [2.24, 2.45) is 0 Å². The van der Waals surface area contributed by atoms with E-state index in [2.05, 4.69) is 25.4 Å². The van der Waals surface area contributed by atoms with Gasteiger partial charge in [-0.25, -0.2) is 8.42 Å². The third-order valence-electron chi connectivity index (χ3n) is 1.97. The Hall–Kier alpha value is -1.28. The van der Waals surface area contributed by atoms with Crippen LogP contribution < -0.4 is 9.46 Å². The minimum Gasteiger partial charge on any atom is -0.497 e. The molecule has 0 aliphatic rings. The number of ether oxygens (including phenoxy) is 2. The van der Waals surface area contributed by atoms with Gasteiger partial charge in [-0.05, 0) is 28.1 Å². The molecular formula is C10H12BrNO5S. The minimum atomic E-state index is -3.80. The topological polar surface area (TPSA) is 81.7 Å². The highest BCUT2D eigenvalue weighted by molar-refractivity contribution is 9.10. The number of methoxy groups -OCH3 is 2. The van der Waals surface area contributed by atoms with Crippen molar-refractivity contribution in [3.8, 4) is 5.75 Å². The van der Waals surface area contributed by atoms with Crippen LogP contribution in [0.3, 0.4) is 0 Å². The van der Waals surface area contributed by atoms with Crippen LogP contribution in [0, 0.1) is 0 Å². The van der Waals surface area contributed by atoms with E-state index in [4.69, 9.17) is 4.74 Å². The largest absolute Gasteiger partial charge is 0.497 e. The fraction of sp³-hybridized carbons (Fsp3) is 0.300. The Morgan fingerprint density at radius 1 is 1.39 bits per heavy atom. The van der Waals surface area contributed by atoms with Crippen LogP contribution in [-0.2, 0) is 19.6 Å². The molecule has 18 heavy (non-hydrogen) atoms. The lowest BCUT2D eigenvalue weighted by molar-refractivity contribution is -0.137. The standard InChI is InChI=1S/C10H12BrNO5S/c1-16-7-3-4-8(11)9(5-7)12-18(14,15)6-10(13)17-2/h3-5,12H,6H2,1-2H3. The maximum atomic E-state index is 11.6. The van der Waals surface area contributed by atoms with Gasteiger partial charge in [-0.2, -0.15) is 0 Å². The van der Waals surface area contributed by atoms with Crippen molar-refractivity contribution in [1.29, 1.82) is 0 Å². The Morgan fingerprint density at radius 3 is 2.61 bits per heavy atom. The van der Waals surface area contributed by atoms with Crippen molar-refractivity contribution in [3.63, 3.8) is 0 Å². The van der Waals surface area contributed by atoms with Gasteiger partial charge in [0.25, 0.3) is 0 Å². The van der Waals surface area contributed by atoms with E-state index in [1.54, 1.807) is 12.1 Å². The maximum Gasteiger partial charge on any atom is 0.322 e. The third kappa shape index (κ3) is 4.19. The number of hydrogen-bond acceptors (Lipinski definition) is 5. The van der Waals surface area contributed by atoms with Gasteiger partial charge in [0.2, 0.25) is 10.0 Å². The molecule has 100 valence electrons. The lowest BCUT2D eigenvalue weighted by atomic mass is 10.3. The molecule has 0 spiro atoms. The number of nitrogens with one attached hydrogen (secondary N) is 1. The Bertz CT molecular complexity index is 543. The molecule has 1 rings (SSSR count). The van der Waals surface area contributed by atoms with E-state index in [1.807, 2.05) is 0 Å².